The van der Waals surface area contributed by atoms with Gasteiger partial charge in [0, 0.05) is 11.6 Å². The second kappa shape index (κ2) is 8.81. The van der Waals surface area contributed by atoms with Gasteiger partial charge in [-0.15, -0.1) is 0 Å². The number of phenols is 1. The zero-order valence-electron chi connectivity index (χ0n) is 18.5. The van der Waals surface area contributed by atoms with Crippen molar-refractivity contribution in [3.63, 3.8) is 0 Å². The lowest BCUT2D eigenvalue weighted by atomic mass is 9.83. The molecule has 8 nitrogen and oxygen atoms in total. The Balaban J connectivity index is 1.63. The SMILES string of the molecule is CCOc1cc(C2C3C(NNC3c3ccccc3)C(=O)N2c2ccc(C(=O)O)cc2)ccc1O. The van der Waals surface area contributed by atoms with E-state index in [2.05, 4.69) is 10.9 Å². The second-order valence-electron chi connectivity index (χ2n) is 8.40. The molecule has 0 bridgehead atoms. The predicted molar refractivity (Wildman–Crippen MR) is 126 cm³/mol. The van der Waals surface area contributed by atoms with Gasteiger partial charge in [-0.25, -0.2) is 15.6 Å². The van der Waals surface area contributed by atoms with Crippen LogP contribution in [-0.4, -0.2) is 34.7 Å². The molecule has 1 amide bonds. The van der Waals surface area contributed by atoms with Gasteiger partial charge in [0.05, 0.1) is 24.3 Å². The second-order valence-corrected chi connectivity index (χ2v) is 8.40. The number of carboxylic acids is 1. The van der Waals surface area contributed by atoms with E-state index in [0.717, 1.165) is 11.1 Å². The van der Waals surface area contributed by atoms with E-state index in [-0.39, 0.29) is 35.2 Å². The average Bonchev–Trinajstić information content (AvgIpc) is 3.40. The van der Waals surface area contributed by atoms with E-state index in [0.29, 0.717) is 18.0 Å². The van der Waals surface area contributed by atoms with Crippen LogP contribution in [-0.2, 0) is 4.79 Å². The molecule has 0 aromatic heterocycles. The minimum absolute atomic E-state index is 0.0334. The predicted octanol–water partition coefficient (Wildman–Crippen LogP) is 3.41. The lowest BCUT2D eigenvalue weighted by Gasteiger charge is -2.31. The lowest BCUT2D eigenvalue weighted by molar-refractivity contribution is -0.119. The minimum atomic E-state index is -1.03. The van der Waals surface area contributed by atoms with E-state index in [1.165, 1.54) is 12.1 Å². The molecule has 0 saturated carbocycles. The molecule has 174 valence electrons. The molecule has 8 heteroatoms. The summed E-state index contributed by atoms with van der Waals surface area (Å²) in [7, 11) is 0. The van der Waals surface area contributed by atoms with Gasteiger partial charge in [0.25, 0.3) is 0 Å². The summed E-state index contributed by atoms with van der Waals surface area (Å²) in [5, 5.41) is 19.5. The van der Waals surface area contributed by atoms with E-state index in [9.17, 15) is 19.8 Å². The van der Waals surface area contributed by atoms with Crippen molar-refractivity contribution < 1.29 is 24.5 Å². The topological polar surface area (TPSA) is 111 Å². The molecule has 2 heterocycles. The Labute approximate surface area is 196 Å². The maximum absolute atomic E-state index is 13.7. The molecular formula is C26H25N3O5. The van der Waals surface area contributed by atoms with E-state index in [4.69, 9.17) is 4.74 Å². The number of anilines is 1. The fourth-order valence-electron chi connectivity index (χ4n) is 4.99. The van der Waals surface area contributed by atoms with Crippen LogP contribution >= 0.6 is 0 Å². The van der Waals surface area contributed by atoms with Gasteiger partial charge >= 0.3 is 5.97 Å². The highest BCUT2D eigenvalue weighted by molar-refractivity contribution is 6.02. The fourth-order valence-corrected chi connectivity index (χ4v) is 4.99. The summed E-state index contributed by atoms with van der Waals surface area (Å²) < 4.78 is 5.62. The van der Waals surface area contributed by atoms with E-state index < -0.39 is 12.0 Å². The molecule has 4 unspecified atom stereocenters. The summed E-state index contributed by atoms with van der Waals surface area (Å²) in [5.41, 5.74) is 9.10. The van der Waals surface area contributed by atoms with E-state index in [1.54, 1.807) is 35.2 Å². The van der Waals surface area contributed by atoms with Gasteiger partial charge in [0.15, 0.2) is 11.5 Å². The summed E-state index contributed by atoms with van der Waals surface area (Å²) in [4.78, 5) is 26.7. The fraction of sp³-hybridized carbons (Fsp3) is 0.231. The number of rotatable bonds is 6. The number of fused-ring (bicyclic) bond motifs is 1. The van der Waals surface area contributed by atoms with Crippen molar-refractivity contribution in [1.82, 2.24) is 10.9 Å². The smallest absolute Gasteiger partial charge is 0.335 e. The van der Waals surface area contributed by atoms with Crippen LogP contribution in [0.15, 0.2) is 72.8 Å². The number of benzene rings is 3. The number of nitrogens with zero attached hydrogens (tertiary/aromatic N) is 1. The molecular weight excluding hydrogens is 434 g/mol. The average molecular weight is 460 g/mol. The van der Waals surface area contributed by atoms with Gasteiger partial charge in [-0.05, 0) is 54.4 Å². The van der Waals surface area contributed by atoms with Gasteiger partial charge in [-0.2, -0.15) is 0 Å². The van der Waals surface area contributed by atoms with Crippen LogP contribution in [0.1, 0.15) is 40.5 Å². The van der Waals surface area contributed by atoms with Crippen molar-refractivity contribution in [3.8, 4) is 11.5 Å². The third kappa shape index (κ3) is 3.67. The first-order valence-electron chi connectivity index (χ1n) is 11.2. The molecule has 0 spiro atoms. The van der Waals surface area contributed by atoms with Crippen molar-refractivity contribution in [2.75, 3.05) is 11.5 Å². The Morgan fingerprint density at radius 1 is 0.971 bits per heavy atom. The van der Waals surface area contributed by atoms with E-state index in [1.807, 2.05) is 37.3 Å². The van der Waals surface area contributed by atoms with Crippen molar-refractivity contribution in [3.05, 3.63) is 89.5 Å². The van der Waals surface area contributed by atoms with Crippen molar-refractivity contribution in [2.45, 2.75) is 25.0 Å². The molecule has 34 heavy (non-hydrogen) atoms. The van der Waals surface area contributed by atoms with E-state index >= 15 is 0 Å². The first-order valence-corrected chi connectivity index (χ1v) is 11.2. The maximum atomic E-state index is 13.7. The van der Waals surface area contributed by atoms with Crippen LogP contribution < -0.4 is 20.5 Å². The maximum Gasteiger partial charge on any atom is 0.335 e. The number of carbonyl (C=O) groups excluding carboxylic acids is 1. The van der Waals surface area contributed by atoms with Crippen molar-refractivity contribution in [1.29, 1.82) is 0 Å². The number of aromatic carboxylic acids is 1. The highest BCUT2D eigenvalue weighted by Gasteiger charge is 2.56. The van der Waals surface area contributed by atoms with Crippen molar-refractivity contribution >= 4 is 17.6 Å². The number of hydrazine groups is 1. The molecule has 3 aromatic carbocycles. The Hall–Kier alpha value is -3.88. The third-order valence-electron chi connectivity index (χ3n) is 6.49. The van der Waals surface area contributed by atoms with Crippen LogP contribution in [0.4, 0.5) is 5.69 Å². The lowest BCUT2D eigenvalue weighted by Crippen LogP contribution is -2.41. The molecule has 4 N–H and O–H groups in total. The highest BCUT2D eigenvalue weighted by atomic mass is 16.5. The molecule has 2 aliphatic heterocycles. The number of ether oxygens (including phenoxy) is 1. The number of aromatic hydroxyl groups is 1. The Bertz CT molecular complexity index is 1210. The van der Waals surface area contributed by atoms with Crippen LogP contribution in [0.5, 0.6) is 11.5 Å². The number of hydrogen-bond donors (Lipinski definition) is 4. The summed E-state index contributed by atoms with van der Waals surface area (Å²) >= 11 is 0. The zero-order valence-corrected chi connectivity index (χ0v) is 18.5. The number of nitrogens with one attached hydrogen (secondary N) is 2. The molecule has 0 radical (unpaired) electrons. The van der Waals surface area contributed by atoms with Crippen molar-refractivity contribution in [2.24, 2.45) is 5.92 Å². The Morgan fingerprint density at radius 2 is 1.68 bits per heavy atom. The number of carbonyl (C=O) groups is 2. The molecule has 0 aliphatic carbocycles. The van der Waals surface area contributed by atoms with Crippen LogP contribution in [0.2, 0.25) is 0 Å². The summed E-state index contributed by atoms with van der Waals surface area (Å²) in [6.45, 7) is 2.23. The number of amides is 1. The molecule has 5 rings (SSSR count). The normalized spacial score (nSPS) is 23.7. The third-order valence-corrected chi connectivity index (χ3v) is 6.49. The number of phenolic OH excluding ortho intramolecular Hbond substituents is 1. The summed E-state index contributed by atoms with van der Waals surface area (Å²) in [5.74, 6) is -0.927. The molecule has 2 saturated heterocycles. The van der Waals surface area contributed by atoms with Gasteiger partial charge in [0.2, 0.25) is 5.91 Å². The highest BCUT2D eigenvalue weighted by Crippen LogP contribution is 2.49. The van der Waals surface area contributed by atoms with Gasteiger partial charge in [0.1, 0.15) is 6.04 Å². The molecule has 3 aromatic rings. The molecule has 4 atom stereocenters. The number of hydrogen-bond acceptors (Lipinski definition) is 6. The quantitative estimate of drug-likeness (QED) is 0.447. The van der Waals surface area contributed by atoms with Crippen LogP contribution in [0.25, 0.3) is 0 Å². The first kappa shape index (κ1) is 21.9. The minimum Gasteiger partial charge on any atom is -0.504 e. The number of carboxylic acid groups (broad SMARTS) is 1. The largest absolute Gasteiger partial charge is 0.504 e. The van der Waals surface area contributed by atoms with Crippen LogP contribution in [0, 0.1) is 5.92 Å². The molecule has 2 fully saturated rings. The monoisotopic (exact) mass is 459 g/mol. The Kier molecular flexibility index (Phi) is 5.69. The van der Waals surface area contributed by atoms with Gasteiger partial charge in [-0.3, -0.25) is 4.79 Å². The summed E-state index contributed by atoms with van der Waals surface area (Å²) in [6.07, 6.45) is 0. The van der Waals surface area contributed by atoms with Gasteiger partial charge in [-0.1, -0.05) is 36.4 Å². The first-order chi connectivity index (χ1) is 16.5. The summed E-state index contributed by atoms with van der Waals surface area (Å²) in [6, 6.07) is 20.4. The zero-order chi connectivity index (χ0) is 23.8. The van der Waals surface area contributed by atoms with Gasteiger partial charge < -0.3 is 19.8 Å². The Morgan fingerprint density at radius 3 is 2.35 bits per heavy atom. The van der Waals surface area contributed by atoms with Crippen LogP contribution in [0.3, 0.4) is 0 Å². The molecule has 2 aliphatic rings. The standard InChI is InChI=1S/C26H25N3O5/c1-2-34-20-14-17(10-13-19(20)30)24-21-22(15-6-4-3-5-7-15)27-28-23(21)25(31)29(24)18-11-8-16(9-12-18)26(32)33/h3-14,21-24,27-28,30H,2H2,1H3,(H,32,33).